The van der Waals surface area contributed by atoms with E-state index >= 15 is 0 Å². The molecule has 2 aliphatic heterocycles. The summed E-state index contributed by atoms with van der Waals surface area (Å²) >= 11 is 0. The SMILES string of the molecule is Cl.O=C(NCC1CCCO1)Nc1ccc(NC(=O)C2CC(O)CN2)cc1. The molecule has 2 aliphatic rings. The lowest BCUT2D eigenvalue weighted by Gasteiger charge is -2.13. The number of β-amino-alcohol motifs (C(OH)–C–C–N with tert-alkyl or cyclic N) is 1. The number of rotatable bonds is 5. The summed E-state index contributed by atoms with van der Waals surface area (Å²) < 4.78 is 5.45. The van der Waals surface area contributed by atoms with Crippen LogP contribution in [0.25, 0.3) is 0 Å². The van der Waals surface area contributed by atoms with Gasteiger partial charge in [-0.3, -0.25) is 4.79 Å². The number of hydrogen-bond acceptors (Lipinski definition) is 5. The number of anilines is 2. The molecule has 0 radical (unpaired) electrons. The lowest BCUT2D eigenvalue weighted by molar-refractivity contribution is -0.117. The van der Waals surface area contributed by atoms with Gasteiger partial charge in [0, 0.05) is 31.1 Å². The van der Waals surface area contributed by atoms with Crippen molar-refractivity contribution < 1.29 is 19.4 Å². The van der Waals surface area contributed by atoms with Crippen LogP contribution in [-0.2, 0) is 9.53 Å². The van der Waals surface area contributed by atoms with Crippen LogP contribution in [0.5, 0.6) is 0 Å². The minimum absolute atomic E-state index is 0. The summed E-state index contributed by atoms with van der Waals surface area (Å²) in [5, 5.41) is 20.7. The summed E-state index contributed by atoms with van der Waals surface area (Å²) in [6.07, 6.45) is 2.05. The highest BCUT2D eigenvalue weighted by atomic mass is 35.5. The Balaban J connectivity index is 0.00000243. The van der Waals surface area contributed by atoms with E-state index < -0.39 is 6.10 Å². The largest absolute Gasteiger partial charge is 0.392 e. The van der Waals surface area contributed by atoms with Gasteiger partial charge in [0.15, 0.2) is 0 Å². The van der Waals surface area contributed by atoms with Crippen LogP contribution in [0.4, 0.5) is 16.2 Å². The highest BCUT2D eigenvalue weighted by molar-refractivity contribution is 5.95. The third kappa shape index (κ3) is 5.84. The lowest BCUT2D eigenvalue weighted by Crippen LogP contribution is -2.35. The second-order valence-electron chi connectivity index (χ2n) is 6.39. The number of aliphatic hydroxyl groups is 1. The minimum Gasteiger partial charge on any atom is -0.392 e. The van der Waals surface area contributed by atoms with Gasteiger partial charge in [-0.1, -0.05) is 0 Å². The van der Waals surface area contributed by atoms with Crippen molar-refractivity contribution in [3.05, 3.63) is 24.3 Å². The van der Waals surface area contributed by atoms with Gasteiger partial charge >= 0.3 is 6.03 Å². The zero-order valence-corrected chi connectivity index (χ0v) is 15.2. The van der Waals surface area contributed by atoms with Gasteiger partial charge in [0.1, 0.15) is 0 Å². The molecule has 26 heavy (non-hydrogen) atoms. The Morgan fingerprint density at radius 1 is 1.19 bits per heavy atom. The summed E-state index contributed by atoms with van der Waals surface area (Å²) in [4.78, 5) is 23.9. The fraction of sp³-hybridized carbons (Fsp3) is 0.529. The standard InChI is InChI=1S/C17H24N4O4.ClH/c22-13-8-15(18-9-13)16(23)20-11-3-5-12(6-4-11)21-17(24)19-10-14-2-1-7-25-14;/h3-6,13-15,18,22H,1-2,7-10H2,(H,20,23)(H2,19,21,24);1H. The third-order valence-corrected chi connectivity index (χ3v) is 4.35. The number of hydrogen-bond donors (Lipinski definition) is 5. The van der Waals surface area contributed by atoms with Crippen molar-refractivity contribution in [2.75, 3.05) is 30.3 Å². The van der Waals surface area contributed by atoms with E-state index in [-0.39, 0.29) is 36.5 Å². The summed E-state index contributed by atoms with van der Waals surface area (Å²) in [5.41, 5.74) is 1.27. The molecule has 9 heteroatoms. The number of halogens is 1. The summed E-state index contributed by atoms with van der Waals surface area (Å²) in [6.45, 7) is 1.69. The maximum Gasteiger partial charge on any atom is 0.319 e. The summed E-state index contributed by atoms with van der Waals surface area (Å²) in [7, 11) is 0. The first kappa shape index (κ1) is 20.4. The van der Waals surface area contributed by atoms with Crippen LogP contribution in [0.15, 0.2) is 24.3 Å². The molecule has 8 nitrogen and oxygen atoms in total. The highest BCUT2D eigenvalue weighted by Gasteiger charge is 2.27. The maximum absolute atomic E-state index is 12.1. The third-order valence-electron chi connectivity index (χ3n) is 4.35. The van der Waals surface area contributed by atoms with E-state index in [4.69, 9.17) is 4.74 Å². The second kappa shape index (κ2) is 9.72. The van der Waals surface area contributed by atoms with Crippen molar-refractivity contribution in [3.8, 4) is 0 Å². The molecule has 0 aromatic heterocycles. The molecular formula is C17H25ClN4O4. The molecule has 0 aliphatic carbocycles. The first-order chi connectivity index (χ1) is 12.1. The number of nitrogens with one attached hydrogen (secondary N) is 4. The zero-order chi connectivity index (χ0) is 17.6. The van der Waals surface area contributed by atoms with Crippen LogP contribution in [0.1, 0.15) is 19.3 Å². The Bertz CT molecular complexity index is 607. The van der Waals surface area contributed by atoms with Crippen molar-refractivity contribution in [1.82, 2.24) is 10.6 Å². The van der Waals surface area contributed by atoms with Gasteiger partial charge in [0.25, 0.3) is 0 Å². The van der Waals surface area contributed by atoms with Crippen molar-refractivity contribution in [3.63, 3.8) is 0 Å². The minimum atomic E-state index is -0.476. The molecule has 5 N–H and O–H groups in total. The number of amides is 3. The van der Waals surface area contributed by atoms with E-state index in [9.17, 15) is 14.7 Å². The van der Waals surface area contributed by atoms with Crippen molar-refractivity contribution in [1.29, 1.82) is 0 Å². The van der Waals surface area contributed by atoms with E-state index in [1.807, 2.05) is 0 Å². The Morgan fingerprint density at radius 3 is 2.46 bits per heavy atom. The Morgan fingerprint density at radius 2 is 1.88 bits per heavy atom. The van der Waals surface area contributed by atoms with E-state index in [0.717, 1.165) is 19.4 Å². The van der Waals surface area contributed by atoms with Crippen LogP contribution in [0.2, 0.25) is 0 Å². The molecular weight excluding hydrogens is 360 g/mol. The number of carbonyl (C=O) groups is 2. The van der Waals surface area contributed by atoms with Crippen LogP contribution in [0.3, 0.4) is 0 Å². The predicted molar refractivity (Wildman–Crippen MR) is 101 cm³/mol. The molecule has 1 aromatic rings. The van der Waals surface area contributed by atoms with E-state index in [1.54, 1.807) is 24.3 Å². The first-order valence-electron chi connectivity index (χ1n) is 8.59. The van der Waals surface area contributed by atoms with E-state index in [1.165, 1.54) is 0 Å². The fourth-order valence-electron chi connectivity index (χ4n) is 2.97. The first-order valence-corrected chi connectivity index (χ1v) is 8.59. The summed E-state index contributed by atoms with van der Waals surface area (Å²) in [5.74, 6) is -0.174. The molecule has 0 spiro atoms. The predicted octanol–water partition coefficient (Wildman–Crippen LogP) is 1.07. The molecule has 2 heterocycles. The molecule has 1 aromatic carbocycles. The number of carbonyl (C=O) groups excluding carboxylic acids is 2. The normalized spacial score (nSPS) is 24.6. The maximum atomic E-state index is 12.1. The van der Waals surface area contributed by atoms with Gasteiger partial charge in [-0.15, -0.1) is 12.4 Å². The van der Waals surface area contributed by atoms with E-state index in [2.05, 4.69) is 21.3 Å². The molecule has 3 atom stereocenters. The lowest BCUT2D eigenvalue weighted by atomic mass is 10.2. The highest BCUT2D eigenvalue weighted by Crippen LogP contribution is 2.15. The zero-order valence-electron chi connectivity index (χ0n) is 14.4. The average molecular weight is 385 g/mol. The molecule has 144 valence electrons. The molecule has 0 bridgehead atoms. The van der Waals surface area contributed by atoms with Gasteiger partial charge in [0.05, 0.1) is 18.2 Å². The number of benzene rings is 1. The summed E-state index contributed by atoms with van der Waals surface area (Å²) in [6, 6.07) is 6.22. The Kier molecular flexibility index (Phi) is 7.65. The Labute approximate surface area is 158 Å². The van der Waals surface area contributed by atoms with Crippen molar-refractivity contribution in [2.45, 2.75) is 37.5 Å². The van der Waals surface area contributed by atoms with Gasteiger partial charge in [-0.25, -0.2) is 4.79 Å². The Hall–Kier alpha value is -1.87. The van der Waals surface area contributed by atoms with Crippen molar-refractivity contribution in [2.24, 2.45) is 0 Å². The van der Waals surface area contributed by atoms with Gasteiger partial charge in [0.2, 0.25) is 5.91 Å². The average Bonchev–Trinajstić information content (AvgIpc) is 3.26. The fourth-order valence-corrected chi connectivity index (χ4v) is 2.97. The molecule has 2 fully saturated rings. The van der Waals surface area contributed by atoms with Crippen LogP contribution in [-0.4, -0.2) is 55.0 Å². The smallest absolute Gasteiger partial charge is 0.319 e. The van der Waals surface area contributed by atoms with Gasteiger partial charge in [-0.05, 0) is 43.5 Å². The quantitative estimate of drug-likeness (QED) is 0.521. The number of urea groups is 1. The van der Waals surface area contributed by atoms with Crippen LogP contribution < -0.4 is 21.3 Å². The molecule has 3 rings (SSSR count). The second-order valence-corrected chi connectivity index (χ2v) is 6.39. The molecule has 3 unspecified atom stereocenters. The number of ether oxygens (including phenoxy) is 1. The molecule has 3 amide bonds. The van der Waals surface area contributed by atoms with Gasteiger partial charge < -0.3 is 31.1 Å². The number of aliphatic hydroxyl groups excluding tert-OH is 1. The molecule has 0 saturated carbocycles. The van der Waals surface area contributed by atoms with Gasteiger partial charge in [-0.2, -0.15) is 0 Å². The monoisotopic (exact) mass is 384 g/mol. The molecule has 2 saturated heterocycles. The topological polar surface area (TPSA) is 112 Å². The van der Waals surface area contributed by atoms with Crippen LogP contribution >= 0.6 is 12.4 Å². The van der Waals surface area contributed by atoms with Crippen molar-refractivity contribution >= 4 is 35.7 Å². The van der Waals surface area contributed by atoms with Crippen LogP contribution in [0, 0.1) is 0 Å². The van der Waals surface area contributed by atoms with E-state index in [0.29, 0.717) is 30.9 Å².